The molecule has 0 aromatic heterocycles. The molecule has 4 nitrogen and oxygen atoms in total. The Morgan fingerprint density at radius 3 is 2.59 bits per heavy atom. The van der Waals surface area contributed by atoms with Crippen molar-refractivity contribution in [1.82, 2.24) is 15.3 Å². The molecule has 0 aromatic carbocycles. The molecule has 1 aliphatic heterocycles. The SMILES string of the molecule is CCCCC1=C(NOCCCN2CCN(C)CC2)CCCC1. The van der Waals surface area contributed by atoms with Gasteiger partial charge in [-0.25, -0.2) is 0 Å². The number of unbranched alkanes of at least 4 members (excludes halogenated alkanes) is 1. The van der Waals surface area contributed by atoms with Gasteiger partial charge < -0.3 is 9.80 Å². The first-order valence-electron chi connectivity index (χ1n) is 9.29. The second-order valence-electron chi connectivity index (χ2n) is 6.84. The molecule has 0 aromatic rings. The van der Waals surface area contributed by atoms with Crippen molar-refractivity contribution in [2.75, 3.05) is 46.4 Å². The Morgan fingerprint density at radius 1 is 1.05 bits per heavy atom. The molecular weight excluding hydrogens is 274 g/mol. The summed E-state index contributed by atoms with van der Waals surface area (Å²) in [6.45, 7) is 9.06. The van der Waals surface area contributed by atoms with Gasteiger partial charge >= 0.3 is 0 Å². The number of nitrogens with zero attached hydrogens (tertiary/aromatic N) is 2. The number of hydroxylamine groups is 1. The lowest BCUT2D eigenvalue weighted by molar-refractivity contribution is 0.0475. The van der Waals surface area contributed by atoms with Crippen LogP contribution in [0.4, 0.5) is 0 Å². The van der Waals surface area contributed by atoms with E-state index < -0.39 is 0 Å². The minimum absolute atomic E-state index is 0.816. The number of hydrogen-bond acceptors (Lipinski definition) is 4. The molecule has 0 atom stereocenters. The Labute approximate surface area is 136 Å². The standard InChI is InChI=1S/C18H35N3O/c1-3-4-8-17-9-5-6-10-18(17)19-22-16-7-11-21-14-12-20(2)13-15-21/h19H,3-16H2,1-2H3. The van der Waals surface area contributed by atoms with Gasteiger partial charge in [0.05, 0.1) is 6.61 Å². The normalized spacial score (nSPS) is 21.4. The second kappa shape index (κ2) is 10.2. The molecule has 2 rings (SSSR count). The summed E-state index contributed by atoms with van der Waals surface area (Å²) in [4.78, 5) is 10.7. The maximum Gasteiger partial charge on any atom is 0.0758 e. The van der Waals surface area contributed by atoms with Crippen LogP contribution in [0.1, 0.15) is 58.3 Å². The van der Waals surface area contributed by atoms with Crippen LogP contribution in [0.15, 0.2) is 11.3 Å². The first-order valence-corrected chi connectivity index (χ1v) is 9.29. The average Bonchev–Trinajstić information content (AvgIpc) is 2.55. The summed E-state index contributed by atoms with van der Waals surface area (Å²) in [5.41, 5.74) is 6.28. The molecule has 0 radical (unpaired) electrons. The third kappa shape index (κ3) is 6.27. The molecule has 22 heavy (non-hydrogen) atoms. The van der Waals surface area contributed by atoms with Crippen molar-refractivity contribution in [1.29, 1.82) is 0 Å². The van der Waals surface area contributed by atoms with E-state index in [2.05, 4.69) is 29.3 Å². The molecule has 0 bridgehead atoms. The highest BCUT2D eigenvalue weighted by Gasteiger charge is 2.14. The van der Waals surface area contributed by atoms with E-state index in [4.69, 9.17) is 4.84 Å². The maximum atomic E-state index is 5.75. The minimum atomic E-state index is 0.816. The van der Waals surface area contributed by atoms with Gasteiger partial charge in [-0.05, 0) is 57.6 Å². The van der Waals surface area contributed by atoms with Gasteiger partial charge in [0.15, 0.2) is 0 Å². The number of allylic oxidation sites excluding steroid dienone is 2. The third-order valence-electron chi connectivity index (χ3n) is 4.93. The van der Waals surface area contributed by atoms with E-state index in [0.717, 1.165) is 19.6 Å². The first-order chi connectivity index (χ1) is 10.8. The Bertz CT molecular complexity index is 335. The predicted molar refractivity (Wildman–Crippen MR) is 92.7 cm³/mol. The molecule has 128 valence electrons. The lowest BCUT2D eigenvalue weighted by Gasteiger charge is -2.32. The molecule has 4 heteroatoms. The van der Waals surface area contributed by atoms with Crippen LogP contribution >= 0.6 is 0 Å². The van der Waals surface area contributed by atoms with Crippen molar-refractivity contribution in [2.45, 2.75) is 58.3 Å². The quantitative estimate of drug-likeness (QED) is 0.523. The lowest BCUT2D eigenvalue weighted by Crippen LogP contribution is -2.44. The van der Waals surface area contributed by atoms with Crippen LogP contribution in [0.5, 0.6) is 0 Å². The number of piperazine rings is 1. The minimum Gasteiger partial charge on any atom is -0.304 e. The van der Waals surface area contributed by atoms with E-state index >= 15 is 0 Å². The zero-order chi connectivity index (χ0) is 15.6. The van der Waals surface area contributed by atoms with Gasteiger partial charge in [-0.1, -0.05) is 13.3 Å². The van der Waals surface area contributed by atoms with E-state index in [9.17, 15) is 0 Å². The lowest BCUT2D eigenvalue weighted by atomic mass is 9.93. The number of rotatable bonds is 9. The van der Waals surface area contributed by atoms with Crippen LogP contribution in [0, 0.1) is 0 Å². The largest absolute Gasteiger partial charge is 0.304 e. The molecule has 1 fully saturated rings. The molecule has 1 saturated heterocycles. The van der Waals surface area contributed by atoms with Crippen LogP contribution in [0.25, 0.3) is 0 Å². The van der Waals surface area contributed by atoms with E-state index in [1.807, 2.05) is 0 Å². The highest BCUT2D eigenvalue weighted by molar-refractivity contribution is 5.14. The van der Waals surface area contributed by atoms with Crippen molar-refractivity contribution in [3.63, 3.8) is 0 Å². The zero-order valence-electron chi connectivity index (χ0n) is 14.7. The molecule has 0 spiro atoms. The van der Waals surface area contributed by atoms with E-state index in [0.29, 0.717) is 0 Å². The van der Waals surface area contributed by atoms with Gasteiger partial charge in [-0.15, -0.1) is 0 Å². The highest BCUT2D eigenvalue weighted by Crippen LogP contribution is 2.26. The molecule has 2 aliphatic rings. The summed E-state index contributed by atoms with van der Waals surface area (Å²) in [5, 5.41) is 0. The van der Waals surface area contributed by atoms with Crippen molar-refractivity contribution in [2.24, 2.45) is 0 Å². The Hall–Kier alpha value is -0.580. The van der Waals surface area contributed by atoms with Gasteiger partial charge in [0, 0.05) is 38.4 Å². The second-order valence-corrected chi connectivity index (χ2v) is 6.84. The molecule has 1 aliphatic carbocycles. The number of likely N-dealkylation sites (N-methyl/N-ethyl adjacent to an activating group) is 1. The molecular formula is C18H35N3O. The smallest absolute Gasteiger partial charge is 0.0758 e. The summed E-state index contributed by atoms with van der Waals surface area (Å²) in [5.74, 6) is 0. The summed E-state index contributed by atoms with van der Waals surface area (Å²) >= 11 is 0. The number of hydrogen-bond donors (Lipinski definition) is 1. The monoisotopic (exact) mass is 309 g/mol. The van der Waals surface area contributed by atoms with Crippen LogP contribution in [-0.2, 0) is 4.84 Å². The fourth-order valence-corrected chi connectivity index (χ4v) is 3.33. The van der Waals surface area contributed by atoms with Gasteiger partial charge in [0.1, 0.15) is 0 Å². The van der Waals surface area contributed by atoms with Crippen molar-refractivity contribution >= 4 is 0 Å². The highest BCUT2D eigenvalue weighted by atomic mass is 16.6. The van der Waals surface area contributed by atoms with Crippen LogP contribution < -0.4 is 5.48 Å². The first kappa shape index (κ1) is 17.8. The Balaban J connectivity index is 1.59. The zero-order valence-corrected chi connectivity index (χ0v) is 14.7. The Kier molecular flexibility index (Phi) is 8.27. The van der Waals surface area contributed by atoms with Gasteiger partial charge in [-0.3, -0.25) is 10.3 Å². The molecule has 0 saturated carbocycles. The topological polar surface area (TPSA) is 27.7 Å². The van der Waals surface area contributed by atoms with Crippen molar-refractivity contribution in [3.8, 4) is 0 Å². The van der Waals surface area contributed by atoms with Crippen molar-refractivity contribution in [3.05, 3.63) is 11.3 Å². The molecule has 1 heterocycles. The van der Waals surface area contributed by atoms with E-state index in [-0.39, 0.29) is 0 Å². The van der Waals surface area contributed by atoms with E-state index in [1.165, 1.54) is 76.8 Å². The number of nitrogens with one attached hydrogen (secondary N) is 1. The van der Waals surface area contributed by atoms with Gasteiger partial charge in [0.25, 0.3) is 0 Å². The third-order valence-corrected chi connectivity index (χ3v) is 4.93. The fourth-order valence-electron chi connectivity index (χ4n) is 3.33. The fraction of sp³-hybridized carbons (Fsp3) is 0.889. The summed E-state index contributed by atoms with van der Waals surface area (Å²) in [6.07, 6.45) is 10.1. The average molecular weight is 309 g/mol. The molecule has 0 amide bonds. The predicted octanol–water partition coefficient (Wildman–Crippen LogP) is 3.16. The molecule has 1 N–H and O–H groups in total. The van der Waals surface area contributed by atoms with Crippen LogP contribution in [0.3, 0.4) is 0 Å². The van der Waals surface area contributed by atoms with E-state index in [1.54, 1.807) is 5.57 Å². The Morgan fingerprint density at radius 2 is 1.82 bits per heavy atom. The van der Waals surface area contributed by atoms with Gasteiger partial charge in [0.2, 0.25) is 0 Å². The van der Waals surface area contributed by atoms with Gasteiger partial charge in [-0.2, -0.15) is 0 Å². The molecule has 0 unspecified atom stereocenters. The van der Waals surface area contributed by atoms with Crippen molar-refractivity contribution < 1.29 is 4.84 Å². The maximum absolute atomic E-state index is 5.75. The van der Waals surface area contributed by atoms with Crippen LogP contribution in [-0.4, -0.2) is 56.2 Å². The summed E-state index contributed by atoms with van der Waals surface area (Å²) in [7, 11) is 2.21. The summed E-state index contributed by atoms with van der Waals surface area (Å²) < 4.78 is 0. The van der Waals surface area contributed by atoms with Crippen LogP contribution in [0.2, 0.25) is 0 Å². The summed E-state index contributed by atoms with van der Waals surface area (Å²) in [6, 6.07) is 0.